The maximum atomic E-state index is 12.5. The first-order valence-electron chi connectivity index (χ1n) is 10.2. The normalized spacial score (nSPS) is 46.0. The number of rotatable bonds is 2. The molecule has 5 heteroatoms. The van der Waals surface area contributed by atoms with E-state index in [2.05, 4.69) is 13.8 Å². The van der Waals surface area contributed by atoms with Crippen LogP contribution in [0.5, 0.6) is 0 Å². The fraction of sp³-hybridized carbons (Fsp3) is 0.727. The zero-order valence-electron chi connectivity index (χ0n) is 16.4. The van der Waals surface area contributed by atoms with Gasteiger partial charge in [-0.3, -0.25) is 4.79 Å². The van der Waals surface area contributed by atoms with Crippen LogP contribution in [0.25, 0.3) is 0 Å². The first kappa shape index (κ1) is 18.9. The van der Waals surface area contributed by atoms with Gasteiger partial charge in [-0.1, -0.05) is 25.5 Å². The Morgan fingerprint density at radius 2 is 2.00 bits per heavy atom. The Bertz CT molecular complexity index is 737. The number of hydrogen-bond acceptors (Lipinski definition) is 5. The van der Waals surface area contributed by atoms with Crippen molar-refractivity contribution in [3.05, 3.63) is 23.3 Å². The van der Waals surface area contributed by atoms with E-state index < -0.39 is 17.5 Å². The van der Waals surface area contributed by atoms with Gasteiger partial charge in [0.2, 0.25) is 0 Å². The summed E-state index contributed by atoms with van der Waals surface area (Å²) in [6, 6.07) is 0. The van der Waals surface area contributed by atoms with Gasteiger partial charge in [-0.25, -0.2) is 4.79 Å². The lowest BCUT2D eigenvalue weighted by Crippen LogP contribution is -2.56. The predicted octanol–water partition coefficient (Wildman–Crippen LogP) is 2.56. The summed E-state index contributed by atoms with van der Waals surface area (Å²) in [5.74, 6) is -0.251. The molecule has 0 saturated heterocycles. The van der Waals surface area contributed by atoms with Crippen LogP contribution in [0.4, 0.5) is 0 Å². The second kappa shape index (κ2) is 6.28. The van der Waals surface area contributed by atoms with Crippen molar-refractivity contribution < 1.29 is 24.5 Å². The summed E-state index contributed by atoms with van der Waals surface area (Å²) in [4.78, 5) is 24.8. The maximum Gasteiger partial charge on any atom is 0.341 e. The molecule has 27 heavy (non-hydrogen) atoms. The molecule has 2 N–H and O–H groups in total. The molecule has 0 aromatic heterocycles. The number of aliphatic hydroxyl groups excluding tert-OH is 2. The van der Waals surface area contributed by atoms with Gasteiger partial charge in [-0.05, 0) is 62.4 Å². The van der Waals surface area contributed by atoms with E-state index in [1.807, 2.05) is 0 Å². The lowest BCUT2D eigenvalue weighted by molar-refractivity contribution is -0.141. The molecule has 0 heterocycles. The number of allylic oxidation sites excluding steroid dienone is 3. The molecule has 148 valence electrons. The highest BCUT2D eigenvalue weighted by Gasteiger charge is 2.61. The van der Waals surface area contributed by atoms with E-state index in [1.165, 1.54) is 0 Å². The molecule has 0 aliphatic heterocycles. The average Bonchev–Trinajstić information content (AvgIpc) is 2.89. The molecule has 3 saturated carbocycles. The Hall–Kier alpha value is -1.46. The van der Waals surface area contributed by atoms with Crippen molar-refractivity contribution in [1.82, 2.24) is 0 Å². The number of ether oxygens (including phenoxy) is 1. The van der Waals surface area contributed by atoms with Gasteiger partial charge >= 0.3 is 5.97 Å². The van der Waals surface area contributed by atoms with Crippen LogP contribution >= 0.6 is 0 Å². The first-order chi connectivity index (χ1) is 12.7. The number of hydrogen-bond donors (Lipinski definition) is 2. The Morgan fingerprint density at radius 3 is 2.70 bits per heavy atom. The molecule has 0 aromatic carbocycles. The van der Waals surface area contributed by atoms with Gasteiger partial charge in [0.1, 0.15) is 5.57 Å². The van der Waals surface area contributed by atoms with Crippen LogP contribution in [-0.2, 0) is 14.3 Å². The first-order valence-corrected chi connectivity index (χ1v) is 10.2. The van der Waals surface area contributed by atoms with Gasteiger partial charge in [-0.2, -0.15) is 0 Å². The number of esters is 1. The van der Waals surface area contributed by atoms with Gasteiger partial charge in [-0.15, -0.1) is 0 Å². The van der Waals surface area contributed by atoms with Crippen molar-refractivity contribution in [3.8, 4) is 0 Å². The number of aliphatic hydroxyl groups is 2. The molecule has 2 unspecified atom stereocenters. The van der Waals surface area contributed by atoms with Crippen molar-refractivity contribution in [1.29, 1.82) is 0 Å². The Morgan fingerprint density at radius 1 is 1.26 bits per heavy atom. The fourth-order valence-corrected chi connectivity index (χ4v) is 6.77. The monoisotopic (exact) mass is 374 g/mol. The zero-order valence-corrected chi connectivity index (χ0v) is 16.4. The minimum absolute atomic E-state index is 0.0431. The summed E-state index contributed by atoms with van der Waals surface area (Å²) in [6.45, 7) is 6.12. The molecule has 0 radical (unpaired) electrons. The second-order valence-corrected chi connectivity index (χ2v) is 9.30. The molecule has 0 amide bonds. The minimum atomic E-state index is -0.576. The summed E-state index contributed by atoms with van der Waals surface area (Å²) in [7, 11) is 0. The van der Waals surface area contributed by atoms with E-state index in [-0.39, 0.29) is 41.3 Å². The van der Waals surface area contributed by atoms with Gasteiger partial charge in [0.25, 0.3) is 0 Å². The number of ketones is 1. The Kier molecular flexibility index (Phi) is 4.39. The highest BCUT2D eigenvalue weighted by molar-refractivity contribution is 6.22. The highest BCUT2D eigenvalue weighted by atomic mass is 16.5. The third kappa shape index (κ3) is 2.58. The molecular formula is C22H30O5. The molecule has 0 spiro atoms. The summed E-state index contributed by atoms with van der Waals surface area (Å²) in [5.41, 5.74) is 0.350. The SMILES string of the molecule is CCOC(=O)C1=C[C@@]2(C)C(=CC1=O)CC[C@@H]1[C@H]2C(O)C[C@]2(C)C(O)CC[C@@H]12. The smallest absolute Gasteiger partial charge is 0.341 e. The Balaban J connectivity index is 1.75. The summed E-state index contributed by atoms with van der Waals surface area (Å²) in [6.07, 6.45) is 6.51. The standard InChI is InChI=1S/C22H30O5/c1-4-27-20(26)14-10-21(2)12(9-16(14)23)5-6-13-15-7-8-18(25)22(15,3)11-17(24)19(13)21/h9-10,13,15,17-19,24-25H,4-8,11H2,1-3H3/t13-,15-,17?,18?,19-,21-,22-/m0/s1. The van der Waals surface area contributed by atoms with Crippen LogP contribution in [0.1, 0.15) is 52.9 Å². The van der Waals surface area contributed by atoms with E-state index in [1.54, 1.807) is 19.1 Å². The van der Waals surface area contributed by atoms with Crippen LogP contribution in [0.15, 0.2) is 23.3 Å². The summed E-state index contributed by atoms with van der Waals surface area (Å²) >= 11 is 0. The third-order valence-electron chi connectivity index (χ3n) is 8.04. The molecule has 4 aliphatic rings. The van der Waals surface area contributed by atoms with E-state index in [0.717, 1.165) is 31.3 Å². The van der Waals surface area contributed by atoms with Crippen LogP contribution in [0.2, 0.25) is 0 Å². The Labute approximate surface area is 160 Å². The van der Waals surface area contributed by atoms with Crippen molar-refractivity contribution in [2.75, 3.05) is 6.61 Å². The molecule has 7 atom stereocenters. The third-order valence-corrected chi connectivity index (χ3v) is 8.04. The van der Waals surface area contributed by atoms with Gasteiger partial charge in [0, 0.05) is 11.3 Å². The van der Waals surface area contributed by atoms with E-state index in [9.17, 15) is 19.8 Å². The van der Waals surface area contributed by atoms with E-state index in [4.69, 9.17) is 4.74 Å². The molecule has 0 aromatic rings. The zero-order chi connectivity index (χ0) is 19.6. The molecular weight excluding hydrogens is 344 g/mol. The van der Waals surface area contributed by atoms with Crippen LogP contribution < -0.4 is 0 Å². The second-order valence-electron chi connectivity index (χ2n) is 9.30. The highest BCUT2D eigenvalue weighted by Crippen LogP contribution is 2.64. The van der Waals surface area contributed by atoms with Gasteiger partial charge in [0.05, 0.1) is 18.8 Å². The molecule has 5 nitrogen and oxygen atoms in total. The van der Waals surface area contributed by atoms with Crippen molar-refractivity contribution in [2.45, 2.75) is 65.1 Å². The molecule has 0 bridgehead atoms. The van der Waals surface area contributed by atoms with Gasteiger partial charge in [0.15, 0.2) is 5.78 Å². The van der Waals surface area contributed by atoms with Crippen molar-refractivity contribution in [3.63, 3.8) is 0 Å². The molecule has 3 fully saturated rings. The van der Waals surface area contributed by atoms with Crippen molar-refractivity contribution >= 4 is 11.8 Å². The van der Waals surface area contributed by atoms with Crippen LogP contribution in [-0.4, -0.2) is 40.8 Å². The number of fused-ring (bicyclic) bond motifs is 5. The van der Waals surface area contributed by atoms with Crippen LogP contribution in [0, 0.1) is 28.6 Å². The summed E-state index contributed by atoms with van der Waals surface area (Å²) in [5, 5.41) is 21.7. The number of carbonyl (C=O) groups is 2. The largest absolute Gasteiger partial charge is 0.462 e. The van der Waals surface area contributed by atoms with Gasteiger partial charge < -0.3 is 14.9 Å². The van der Waals surface area contributed by atoms with E-state index >= 15 is 0 Å². The van der Waals surface area contributed by atoms with E-state index in [0.29, 0.717) is 12.3 Å². The fourth-order valence-electron chi connectivity index (χ4n) is 6.77. The minimum Gasteiger partial charge on any atom is -0.462 e. The van der Waals surface area contributed by atoms with Crippen LogP contribution in [0.3, 0.4) is 0 Å². The molecule has 4 aliphatic carbocycles. The average molecular weight is 374 g/mol. The lowest BCUT2D eigenvalue weighted by Gasteiger charge is -2.58. The predicted molar refractivity (Wildman–Crippen MR) is 99.6 cm³/mol. The maximum absolute atomic E-state index is 12.5. The number of carbonyl (C=O) groups excluding carboxylic acids is 2. The quantitative estimate of drug-likeness (QED) is 0.573. The lowest BCUT2D eigenvalue weighted by atomic mass is 9.47. The van der Waals surface area contributed by atoms with Crippen molar-refractivity contribution in [2.24, 2.45) is 28.6 Å². The molecule has 4 rings (SSSR count). The summed E-state index contributed by atoms with van der Waals surface area (Å²) < 4.78 is 5.09. The topological polar surface area (TPSA) is 83.8 Å².